The van der Waals surface area contributed by atoms with E-state index in [0.29, 0.717) is 12.2 Å². The number of hydrogen-bond acceptors (Lipinski definition) is 2. The van der Waals surface area contributed by atoms with E-state index in [0.717, 1.165) is 5.56 Å². The molecule has 1 aromatic carbocycles. The highest BCUT2D eigenvalue weighted by Crippen LogP contribution is 2.37. The molecule has 0 atom stereocenters. The van der Waals surface area contributed by atoms with Crippen molar-refractivity contribution in [2.24, 2.45) is 0 Å². The molecule has 2 nitrogen and oxygen atoms in total. The van der Waals surface area contributed by atoms with Gasteiger partial charge in [0.2, 0.25) is 0 Å². The third-order valence-corrected chi connectivity index (χ3v) is 2.27. The van der Waals surface area contributed by atoms with Crippen LogP contribution in [0.5, 0.6) is 11.5 Å². The molecule has 0 aliphatic carbocycles. The molecular formula is C11H11F3O2. The lowest BCUT2D eigenvalue weighted by atomic mass is 10.0. The maximum Gasteiger partial charge on any atom is 0.573 e. The van der Waals surface area contributed by atoms with Crippen molar-refractivity contribution >= 4 is 0 Å². The van der Waals surface area contributed by atoms with Crippen LogP contribution in [0.2, 0.25) is 0 Å². The first-order valence-corrected chi connectivity index (χ1v) is 4.83. The zero-order chi connectivity index (χ0) is 12.0. The van der Waals surface area contributed by atoms with Crippen molar-refractivity contribution in [1.29, 1.82) is 0 Å². The molecule has 0 fully saturated rings. The van der Waals surface area contributed by atoms with Crippen LogP contribution in [0.1, 0.15) is 19.4 Å². The number of ether oxygens (including phenoxy) is 2. The highest BCUT2D eigenvalue weighted by atomic mass is 19.4. The fraction of sp³-hybridized carbons (Fsp3) is 0.455. The van der Waals surface area contributed by atoms with Crippen molar-refractivity contribution < 1.29 is 22.6 Å². The van der Waals surface area contributed by atoms with Crippen molar-refractivity contribution in [2.75, 3.05) is 0 Å². The second-order valence-corrected chi connectivity index (χ2v) is 4.36. The van der Waals surface area contributed by atoms with Gasteiger partial charge >= 0.3 is 6.36 Å². The van der Waals surface area contributed by atoms with Gasteiger partial charge in [-0.2, -0.15) is 0 Å². The largest absolute Gasteiger partial charge is 0.573 e. The van der Waals surface area contributed by atoms with Crippen LogP contribution in [-0.2, 0) is 6.42 Å². The van der Waals surface area contributed by atoms with E-state index >= 15 is 0 Å². The second kappa shape index (κ2) is 3.30. The molecule has 5 heteroatoms. The Hall–Kier alpha value is -1.39. The minimum Gasteiger partial charge on any atom is -0.487 e. The van der Waals surface area contributed by atoms with Crippen molar-refractivity contribution in [1.82, 2.24) is 0 Å². The molecule has 0 bridgehead atoms. The van der Waals surface area contributed by atoms with Gasteiger partial charge in [-0.3, -0.25) is 0 Å². The van der Waals surface area contributed by atoms with E-state index in [1.54, 1.807) is 0 Å². The van der Waals surface area contributed by atoms with Crippen LogP contribution < -0.4 is 9.47 Å². The van der Waals surface area contributed by atoms with Crippen LogP contribution in [0.25, 0.3) is 0 Å². The maximum atomic E-state index is 12.0. The predicted octanol–water partition coefficient (Wildman–Crippen LogP) is 3.30. The monoisotopic (exact) mass is 232 g/mol. The summed E-state index contributed by atoms with van der Waals surface area (Å²) in [5.74, 6) is 0.423. The van der Waals surface area contributed by atoms with Crippen LogP contribution >= 0.6 is 0 Å². The topological polar surface area (TPSA) is 18.5 Å². The molecular weight excluding hydrogens is 221 g/mol. The summed E-state index contributed by atoms with van der Waals surface area (Å²) in [4.78, 5) is 0. The van der Waals surface area contributed by atoms with E-state index in [1.807, 2.05) is 13.8 Å². The van der Waals surface area contributed by atoms with Gasteiger partial charge in [0, 0.05) is 12.0 Å². The Balaban J connectivity index is 2.23. The molecule has 16 heavy (non-hydrogen) atoms. The summed E-state index contributed by atoms with van der Waals surface area (Å²) in [6.45, 7) is 3.77. The zero-order valence-electron chi connectivity index (χ0n) is 8.89. The number of fused-ring (bicyclic) bond motifs is 1. The maximum absolute atomic E-state index is 12.0. The highest BCUT2D eigenvalue weighted by Gasteiger charge is 2.33. The number of benzene rings is 1. The van der Waals surface area contributed by atoms with E-state index in [2.05, 4.69) is 4.74 Å². The lowest BCUT2D eigenvalue weighted by Gasteiger charge is -2.16. The van der Waals surface area contributed by atoms with Crippen LogP contribution in [0, 0.1) is 0 Å². The van der Waals surface area contributed by atoms with E-state index in [4.69, 9.17) is 4.74 Å². The lowest BCUT2D eigenvalue weighted by Crippen LogP contribution is -2.24. The molecule has 0 aromatic heterocycles. The van der Waals surface area contributed by atoms with Crippen molar-refractivity contribution in [2.45, 2.75) is 32.2 Å². The fourth-order valence-corrected chi connectivity index (χ4v) is 1.78. The number of halogens is 3. The SMILES string of the molecule is CC1(C)Cc2cc(OC(F)(F)F)ccc2O1. The Morgan fingerprint density at radius 1 is 1.31 bits per heavy atom. The molecule has 0 saturated heterocycles. The van der Waals surface area contributed by atoms with E-state index in [-0.39, 0.29) is 11.4 Å². The molecule has 0 spiro atoms. The van der Waals surface area contributed by atoms with Gasteiger partial charge in [-0.1, -0.05) is 0 Å². The van der Waals surface area contributed by atoms with E-state index in [9.17, 15) is 13.2 Å². The third-order valence-electron chi connectivity index (χ3n) is 2.27. The summed E-state index contributed by atoms with van der Waals surface area (Å²) in [5.41, 5.74) is 0.380. The molecule has 88 valence electrons. The molecule has 1 heterocycles. The fourth-order valence-electron chi connectivity index (χ4n) is 1.78. The summed E-state index contributed by atoms with van der Waals surface area (Å²) in [6, 6.07) is 4.14. The highest BCUT2D eigenvalue weighted by molar-refractivity contribution is 5.44. The van der Waals surface area contributed by atoms with Gasteiger partial charge in [0.15, 0.2) is 0 Å². The minimum absolute atomic E-state index is 0.201. The normalized spacial score (nSPS) is 17.8. The van der Waals surface area contributed by atoms with Crippen molar-refractivity contribution in [3.05, 3.63) is 23.8 Å². The van der Waals surface area contributed by atoms with Gasteiger partial charge in [0.25, 0.3) is 0 Å². The Morgan fingerprint density at radius 3 is 2.62 bits per heavy atom. The molecule has 0 amide bonds. The van der Waals surface area contributed by atoms with E-state index in [1.165, 1.54) is 18.2 Å². The molecule has 1 aliphatic rings. The van der Waals surface area contributed by atoms with E-state index < -0.39 is 6.36 Å². The Labute approximate surface area is 91.0 Å². The van der Waals surface area contributed by atoms with Gasteiger partial charge in [-0.05, 0) is 32.0 Å². The van der Waals surface area contributed by atoms with Gasteiger partial charge in [0.1, 0.15) is 17.1 Å². The summed E-state index contributed by atoms with van der Waals surface area (Å²) < 4.78 is 45.4. The summed E-state index contributed by atoms with van der Waals surface area (Å²) >= 11 is 0. The summed E-state index contributed by atoms with van der Waals surface area (Å²) in [7, 11) is 0. The van der Waals surface area contributed by atoms with Gasteiger partial charge in [0.05, 0.1) is 0 Å². The first-order valence-electron chi connectivity index (χ1n) is 4.83. The molecule has 1 aliphatic heterocycles. The Kier molecular flexibility index (Phi) is 2.29. The third kappa shape index (κ3) is 2.40. The predicted molar refractivity (Wildman–Crippen MR) is 51.5 cm³/mol. The quantitative estimate of drug-likeness (QED) is 0.739. The molecule has 0 radical (unpaired) electrons. The molecule has 0 unspecified atom stereocenters. The Morgan fingerprint density at radius 2 is 2.00 bits per heavy atom. The molecule has 0 N–H and O–H groups in total. The Bertz CT molecular complexity index is 410. The van der Waals surface area contributed by atoms with Gasteiger partial charge in [-0.15, -0.1) is 13.2 Å². The standard InChI is InChI=1S/C11H11F3O2/c1-10(2)6-7-5-8(15-11(12,13)14)3-4-9(7)16-10/h3-5H,6H2,1-2H3. The van der Waals surface area contributed by atoms with Crippen molar-refractivity contribution in [3.63, 3.8) is 0 Å². The molecule has 2 rings (SSSR count). The summed E-state index contributed by atoms with van der Waals surface area (Å²) in [6.07, 6.45) is -4.07. The summed E-state index contributed by atoms with van der Waals surface area (Å²) in [5, 5.41) is 0. The molecule has 1 aromatic rings. The second-order valence-electron chi connectivity index (χ2n) is 4.36. The average molecular weight is 232 g/mol. The van der Waals surface area contributed by atoms with Gasteiger partial charge in [-0.25, -0.2) is 0 Å². The molecule has 0 saturated carbocycles. The first-order chi connectivity index (χ1) is 7.25. The zero-order valence-corrected chi connectivity index (χ0v) is 8.89. The van der Waals surface area contributed by atoms with Crippen molar-refractivity contribution in [3.8, 4) is 11.5 Å². The van der Waals surface area contributed by atoms with Crippen LogP contribution in [0.4, 0.5) is 13.2 Å². The average Bonchev–Trinajstić information content (AvgIpc) is 2.34. The first kappa shape index (κ1) is 11.1. The number of hydrogen-bond donors (Lipinski definition) is 0. The number of alkyl halides is 3. The smallest absolute Gasteiger partial charge is 0.487 e. The van der Waals surface area contributed by atoms with Crippen LogP contribution in [-0.4, -0.2) is 12.0 Å². The van der Waals surface area contributed by atoms with Crippen LogP contribution in [0.3, 0.4) is 0 Å². The van der Waals surface area contributed by atoms with Crippen LogP contribution in [0.15, 0.2) is 18.2 Å². The number of rotatable bonds is 1. The van der Waals surface area contributed by atoms with Gasteiger partial charge < -0.3 is 9.47 Å². The lowest BCUT2D eigenvalue weighted by molar-refractivity contribution is -0.274. The minimum atomic E-state index is -4.65.